The molecule has 3 aliphatic rings. The minimum Gasteiger partial charge on any atom is -0.454 e. The number of nitrogens with zero attached hydrogens (tertiary/aromatic N) is 3. The Bertz CT molecular complexity index is 1050. The van der Waals surface area contributed by atoms with Gasteiger partial charge in [0.25, 0.3) is 0 Å². The molecule has 1 amide bonds. The van der Waals surface area contributed by atoms with Crippen LogP contribution in [0.1, 0.15) is 51.0 Å². The molecule has 5 rings (SSSR count). The first-order chi connectivity index (χ1) is 16.2. The molecule has 2 aliphatic heterocycles. The van der Waals surface area contributed by atoms with Crippen molar-refractivity contribution in [1.82, 2.24) is 9.88 Å². The fourth-order valence-corrected chi connectivity index (χ4v) is 4.89. The summed E-state index contributed by atoms with van der Waals surface area (Å²) in [7, 11) is 0. The molecule has 1 saturated heterocycles. The van der Waals surface area contributed by atoms with E-state index in [2.05, 4.69) is 17.0 Å². The lowest BCUT2D eigenvalue weighted by molar-refractivity contribution is -0.131. The number of rotatable bonds is 7. The van der Waals surface area contributed by atoms with Crippen molar-refractivity contribution in [2.75, 3.05) is 44.5 Å². The van der Waals surface area contributed by atoms with Crippen LogP contribution in [0, 0.1) is 0 Å². The monoisotopic (exact) mass is 451 g/mol. The van der Waals surface area contributed by atoms with Crippen molar-refractivity contribution >= 4 is 22.6 Å². The van der Waals surface area contributed by atoms with Gasteiger partial charge in [-0.25, -0.2) is 4.98 Å². The smallest absolute Gasteiger partial charge is 0.231 e. The largest absolute Gasteiger partial charge is 0.454 e. The summed E-state index contributed by atoms with van der Waals surface area (Å²) in [5.41, 5.74) is 3.45. The maximum atomic E-state index is 12.9. The number of carbonyl (C=O) groups is 1. The molecule has 0 spiro atoms. The van der Waals surface area contributed by atoms with Crippen LogP contribution in [0.4, 0.5) is 5.82 Å². The Balaban J connectivity index is 1.47. The van der Waals surface area contributed by atoms with Gasteiger partial charge in [0.1, 0.15) is 5.82 Å². The summed E-state index contributed by atoms with van der Waals surface area (Å²) in [5.74, 6) is 2.61. The van der Waals surface area contributed by atoms with E-state index in [1.807, 2.05) is 24.0 Å². The van der Waals surface area contributed by atoms with Gasteiger partial charge in [0.2, 0.25) is 12.7 Å². The van der Waals surface area contributed by atoms with Crippen molar-refractivity contribution in [2.24, 2.45) is 0 Å². The standard InChI is InChI=1S/C26H33N3O4/c1-2-25(30)29(9-8-19-6-4-3-5-7-19)17-21-14-20-15-23-24(33-18-32-23)16-22(20)27-26(21)28-10-12-31-13-11-28/h6,14-16H,2-5,7-13,17-18H2,1H3. The Kier molecular flexibility index (Phi) is 6.67. The zero-order chi connectivity index (χ0) is 22.6. The molecule has 1 aromatic heterocycles. The second-order valence-corrected chi connectivity index (χ2v) is 9.00. The molecule has 176 valence electrons. The molecule has 1 aromatic carbocycles. The topological polar surface area (TPSA) is 64.1 Å². The van der Waals surface area contributed by atoms with Gasteiger partial charge in [-0.15, -0.1) is 0 Å². The van der Waals surface area contributed by atoms with Gasteiger partial charge in [0, 0.05) is 49.6 Å². The molecular weight excluding hydrogens is 418 g/mol. The molecule has 0 bridgehead atoms. The van der Waals surface area contributed by atoms with E-state index in [0.29, 0.717) is 26.2 Å². The van der Waals surface area contributed by atoms with Crippen molar-refractivity contribution in [3.05, 3.63) is 35.4 Å². The SMILES string of the molecule is CCC(=O)N(CCC1=CCCCC1)Cc1cc2cc3c(cc2nc1N1CCOCC1)OCO3. The first-order valence-corrected chi connectivity index (χ1v) is 12.2. The van der Waals surface area contributed by atoms with E-state index in [0.717, 1.165) is 66.3 Å². The highest BCUT2D eigenvalue weighted by Gasteiger charge is 2.23. The van der Waals surface area contributed by atoms with E-state index in [-0.39, 0.29) is 12.7 Å². The van der Waals surface area contributed by atoms with E-state index in [1.54, 1.807) is 0 Å². The Morgan fingerprint density at radius 3 is 2.70 bits per heavy atom. The van der Waals surface area contributed by atoms with Crippen molar-refractivity contribution in [2.45, 2.75) is 52.0 Å². The summed E-state index contributed by atoms with van der Waals surface area (Å²) in [5, 5.41) is 1.00. The molecule has 0 saturated carbocycles. The van der Waals surface area contributed by atoms with Crippen LogP contribution in [0.3, 0.4) is 0 Å². The van der Waals surface area contributed by atoms with E-state index < -0.39 is 0 Å². The summed E-state index contributed by atoms with van der Waals surface area (Å²) in [4.78, 5) is 22.2. The molecule has 3 heterocycles. The van der Waals surface area contributed by atoms with Gasteiger partial charge in [-0.1, -0.05) is 18.6 Å². The second-order valence-electron chi connectivity index (χ2n) is 9.00. The Morgan fingerprint density at radius 1 is 1.12 bits per heavy atom. The summed E-state index contributed by atoms with van der Waals surface area (Å²) < 4.78 is 16.7. The number of carbonyl (C=O) groups excluding carboxylic acids is 1. The van der Waals surface area contributed by atoms with Crippen molar-refractivity contribution in [3.8, 4) is 11.5 Å². The molecule has 1 aliphatic carbocycles. The Labute approximate surface area is 195 Å². The number of amides is 1. The molecule has 1 fully saturated rings. The lowest BCUT2D eigenvalue weighted by Gasteiger charge is -2.31. The van der Waals surface area contributed by atoms with Crippen LogP contribution < -0.4 is 14.4 Å². The first-order valence-electron chi connectivity index (χ1n) is 12.2. The number of aromatic nitrogens is 1. The number of hydrogen-bond donors (Lipinski definition) is 0. The molecule has 7 nitrogen and oxygen atoms in total. The molecular formula is C26H33N3O4. The van der Waals surface area contributed by atoms with Gasteiger partial charge in [-0.05, 0) is 44.2 Å². The number of hydrogen-bond acceptors (Lipinski definition) is 6. The predicted octanol–water partition coefficient (Wildman–Crippen LogP) is 4.43. The molecule has 0 N–H and O–H groups in total. The quantitative estimate of drug-likeness (QED) is 0.581. The van der Waals surface area contributed by atoms with Crippen LogP contribution in [0.5, 0.6) is 11.5 Å². The maximum absolute atomic E-state index is 12.9. The summed E-state index contributed by atoms with van der Waals surface area (Å²) in [6.07, 6.45) is 8.72. The molecule has 0 radical (unpaired) electrons. The number of fused-ring (bicyclic) bond motifs is 2. The van der Waals surface area contributed by atoms with E-state index in [1.165, 1.54) is 24.8 Å². The third-order valence-electron chi connectivity index (χ3n) is 6.78. The lowest BCUT2D eigenvalue weighted by atomic mass is 9.97. The highest BCUT2D eigenvalue weighted by molar-refractivity contribution is 5.86. The number of ether oxygens (including phenoxy) is 3. The van der Waals surface area contributed by atoms with Crippen LogP contribution >= 0.6 is 0 Å². The summed E-state index contributed by atoms with van der Waals surface area (Å²) in [6.45, 7) is 6.46. The minimum atomic E-state index is 0.185. The third-order valence-corrected chi connectivity index (χ3v) is 6.78. The van der Waals surface area contributed by atoms with Gasteiger partial charge >= 0.3 is 0 Å². The molecule has 33 heavy (non-hydrogen) atoms. The highest BCUT2D eigenvalue weighted by atomic mass is 16.7. The second kappa shape index (κ2) is 10.00. The maximum Gasteiger partial charge on any atom is 0.231 e. The van der Waals surface area contributed by atoms with E-state index in [4.69, 9.17) is 19.2 Å². The van der Waals surface area contributed by atoms with Crippen LogP contribution in [-0.4, -0.2) is 55.4 Å². The van der Waals surface area contributed by atoms with Crippen LogP contribution in [0.25, 0.3) is 10.9 Å². The average molecular weight is 452 g/mol. The van der Waals surface area contributed by atoms with Crippen molar-refractivity contribution < 1.29 is 19.0 Å². The number of benzene rings is 1. The van der Waals surface area contributed by atoms with E-state index in [9.17, 15) is 4.79 Å². The molecule has 0 atom stereocenters. The van der Waals surface area contributed by atoms with Gasteiger partial charge < -0.3 is 24.0 Å². The third kappa shape index (κ3) is 4.93. The fraction of sp³-hybridized carbons (Fsp3) is 0.538. The zero-order valence-corrected chi connectivity index (χ0v) is 19.5. The fourth-order valence-electron chi connectivity index (χ4n) is 4.89. The lowest BCUT2D eigenvalue weighted by Crippen LogP contribution is -2.38. The number of morpholine rings is 1. The Hall–Kier alpha value is -2.80. The van der Waals surface area contributed by atoms with Gasteiger partial charge in [0.05, 0.1) is 18.7 Å². The van der Waals surface area contributed by atoms with Crippen LogP contribution in [-0.2, 0) is 16.1 Å². The Morgan fingerprint density at radius 2 is 1.94 bits per heavy atom. The molecule has 7 heteroatoms. The molecule has 2 aromatic rings. The first kappa shape index (κ1) is 22.0. The van der Waals surface area contributed by atoms with Gasteiger partial charge in [-0.3, -0.25) is 4.79 Å². The number of anilines is 1. The number of pyridine rings is 1. The normalized spacial score (nSPS) is 17.8. The average Bonchev–Trinajstić information content (AvgIpc) is 3.32. The van der Waals surface area contributed by atoms with Crippen molar-refractivity contribution in [3.63, 3.8) is 0 Å². The van der Waals surface area contributed by atoms with Gasteiger partial charge in [0.15, 0.2) is 11.5 Å². The van der Waals surface area contributed by atoms with E-state index >= 15 is 0 Å². The number of allylic oxidation sites excluding steroid dienone is 1. The summed E-state index contributed by atoms with van der Waals surface area (Å²) in [6, 6.07) is 6.12. The van der Waals surface area contributed by atoms with Crippen molar-refractivity contribution in [1.29, 1.82) is 0 Å². The summed E-state index contributed by atoms with van der Waals surface area (Å²) >= 11 is 0. The van der Waals surface area contributed by atoms with Crippen LogP contribution in [0.2, 0.25) is 0 Å². The van der Waals surface area contributed by atoms with Crippen LogP contribution in [0.15, 0.2) is 29.8 Å². The minimum absolute atomic E-state index is 0.185. The molecule has 0 unspecified atom stereocenters. The zero-order valence-electron chi connectivity index (χ0n) is 19.5. The predicted molar refractivity (Wildman–Crippen MR) is 128 cm³/mol. The highest BCUT2D eigenvalue weighted by Crippen LogP contribution is 2.37. The van der Waals surface area contributed by atoms with Gasteiger partial charge in [-0.2, -0.15) is 0 Å².